The molecule has 4 nitrogen and oxygen atoms in total. The average Bonchev–Trinajstić information content (AvgIpc) is 3.30. The van der Waals surface area contributed by atoms with Crippen LogP contribution in [0.3, 0.4) is 0 Å². The first-order chi connectivity index (χ1) is 17.8. The predicted molar refractivity (Wildman–Crippen MR) is 138 cm³/mol. The molecular formula is C30H26F3N3O. The highest BCUT2D eigenvalue weighted by atomic mass is 19.4. The second-order valence-electron chi connectivity index (χ2n) is 9.32. The second kappa shape index (κ2) is 10.2. The van der Waals surface area contributed by atoms with Gasteiger partial charge in [0.2, 0.25) is 0 Å². The van der Waals surface area contributed by atoms with Crippen LogP contribution in [0.15, 0.2) is 85.1 Å². The minimum Gasteiger partial charge on any atom is -0.322 e. The predicted octanol–water partition coefficient (Wildman–Crippen LogP) is 6.59. The van der Waals surface area contributed by atoms with E-state index >= 15 is 0 Å². The smallest absolute Gasteiger partial charge is 0.322 e. The molecule has 37 heavy (non-hydrogen) atoms. The van der Waals surface area contributed by atoms with Crippen molar-refractivity contribution < 1.29 is 18.0 Å². The summed E-state index contributed by atoms with van der Waals surface area (Å²) in [5.41, 5.74) is 5.80. The molecule has 188 valence electrons. The number of halogens is 3. The summed E-state index contributed by atoms with van der Waals surface area (Å²) in [7, 11) is 0. The molecule has 1 heterocycles. The first-order valence-electron chi connectivity index (χ1n) is 12.1. The zero-order valence-electron chi connectivity index (χ0n) is 20.3. The summed E-state index contributed by atoms with van der Waals surface area (Å²) < 4.78 is 39.1. The van der Waals surface area contributed by atoms with Gasteiger partial charge in [0, 0.05) is 30.0 Å². The molecule has 0 unspecified atom stereocenters. The molecule has 1 aliphatic rings. The Morgan fingerprint density at radius 2 is 1.73 bits per heavy atom. The first-order valence-corrected chi connectivity index (χ1v) is 12.1. The first kappa shape index (κ1) is 24.7. The SMILES string of the molecule is Cc1cccc(C(=O)Nc2ccc3c(c2)C[C@H](NCc2ccccn2)C3)c1-c1ccc(C(F)(F)F)cc1. The minimum atomic E-state index is -4.41. The number of pyridine rings is 1. The third kappa shape index (κ3) is 5.57. The van der Waals surface area contributed by atoms with E-state index in [1.54, 1.807) is 18.3 Å². The summed E-state index contributed by atoms with van der Waals surface area (Å²) in [4.78, 5) is 17.7. The van der Waals surface area contributed by atoms with Gasteiger partial charge in [-0.1, -0.05) is 36.4 Å². The lowest BCUT2D eigenvalue weighted by Gasteiger charge is -2.15. The molecular weight excluding hydrogens is 475 g/mol. The summed E-state index contributed by atoms with van der Waals surface area (Å²) >= 11 is 0. The molecule has 1 aromatic heterocycles. The Labute approximate surface area is 213 Å². The van der Waals surface area contributed by atoms with Crippen molar-refractivity contribution in [1.82, 2.24) is 10.3 Å². The van der Waals surface area contributed by atoms with Gasteiger partial charge in [-0.25, -0.2) is 0 Å². The van der Waals surface area contributed by atoms with Gasteiger partial charge in [0.25, 0.3) is 5.91 Å². The summed E-state index contributed by atoms with van der Waals surface area (Å²) in [5, 5.41) is 6.54. The Balaban J connectivity index is 1.31. The fourth-order valence-corrected chi connectivity index (χ4v) is 4.86. The average molecular weight is 502 g/mol. The lowest BCUT2D eigenvalue weighted by Crippen LogP contribution is -2.29. The summed E-state index contributed by atoms with van der Waals surface area (Å²) in [6, 6.07) is 22.3. The number of rotatable bonds is 6. The summed E-state index contributed by atoms with van der Waals surface area (Å²) in [5.74, 6) is -0.304. The van der Waals surface area contributed by atoms with Gasteiger partial charge in [-0.05, 0) is 90.0 Å². The maximum atomic E-state index is 13.3. The van der Waals surface area contributed by atoms with Gasteiger partial charge in [0.1, 0.15) is 0 Å². The van der Waals surface area contributed by atoms with Crippen molar-refractivity contribution >= 4 is 11.6 Å². The van der Waals surface area contributed by atoms with Gasteiger partial charge in [-0.2, -0.15) is 13.2 Å². The van der Waals surface area contributed by atoms with Crippen molar-refractivity contribution in [2.24, 2.45) is 0 Å². The van der Waals surface area contributed by atoms with Crippen LogP contribution in [0.25, 0.3) is 11.1 Å². The molecule has 0 saturated carbocycles. The van der Waals surface area contributed by atoms with E-state index in [4.69, 9.17) is 0 Å². The van der Waals surface area contributed by atoms with Crippen molar-refractivity contribution in [3.8, 4) is 11.1 Å². The van der Waals surface area contributed by atoms with Gasteiger partial charge in [-0.3, -0.25) is 9.78 Å². The Morgan fingerprint density at radius 3 is 2.46 bits per heavy atom. The topological polar surface area (TPSA) is 54.0 Å². The molecule has 0 aliphatic heterocycles. The summed E-state index contributed by atoms with van der Waals surface area (Å²) in [6.07, 6.45) is -0.864. The lowest BCUT2D eigenvalue weighted by atomic mass is 9.93. The number of hydrogen-bond donors (Lipinski definition) is 2. The number of alkyl halides is 3. The van der Waals surface area contributed by atoms with E-state index < -0.39 is 11.7 Å². The third-order valence-corrected chi connectivity index (χ3v) is 6.71. The zero-order valence-corrected chi connectivity index (χ0v) is 20.3. The minimum absolute atomic E-state index is 0.297. The number of carbonyl (C=O) groups is 1. The van der Waals surface area contributed by atoms with Crippen LogP contribution >= 0.6 is 0 Å². The van der Waals surface area contributed by atoms with E-state index in [-0.39, 0.29) is 5.91 Å². The highest BCUT2D eigenvalue weighted by Crippen LogP contribution is 2.34. The van der Waals surface area contributed by atoms with Crippen LogP contribution in [-0.2, 0) is 25.6 Å². The number of fused-ring (bicyclic) bond motifs is 1. The molecule has 4 aromatic rings. The number of benzene rings is 3. The van der Waals surface area contributed by atoms with Crippen LogP contribution in [0, 0.1) is 6.92 Å². The number of aryl methyl sites for hydroxylation is 1. The standard InChI is InChI=1S/C30H26F3N3O/c1-19-5-4-7-27(28(19)20-8-11-23(12-9-20)30(31,32)33)29(37)36-24-13-10-21-15-26(17-22(21)16-24)35-18-25-6-2-3-14-34-25/h2-14,16,26,35H,15,17-18H2,1H3,(H,36,37)/t26-/m1/s1. The third-order valence-electron chi connectivity index (χ3n) is 6.71. The van der Waals surface area contributed by atoms with Crippen molar-refractivity contribution in [3.05, 3.63) is 119 Å². The van der Waals surface area contributed by atoms with Crippen LogP contribution < -0.4 is 10.6 Å². The number of amides is 1. The number of carbonyl (C=O) groups excluding carboxylic acids is 1. The molecule has 2 N–H and O–H groups in total. The van der Waals surface area contributed by atoms with Crippen molar-refractivity contribution in [2.75, 3.05) is 5.32 Å². The Kier molecular flexibility index (Phi) is 6.80. The molecule has 1 amide bonds. The van der Waals surface area contributed by atoms with Crippen molar-refractivity contribution in [1.29, 1.82) is 0 Å². The molecule has 0 spiro atoms. The number of nitrogens with zero attached hydrogens (tertiary/aromatic N) is 1. The Morgan fingerprint density at radius 1 is 0.946 bits per heavy atom. The number of anilines is 1. The molecule has 0 saturated heterocycles. The zero-order chi connectivity index (χ0) is 26.0. The van der Waals surface area contributed by atoms with Gasteiger partial charge in [-0.15, -0.1) is 0 Å². The maximum absolute atomic E-state index is 13.3. The fraction of sp³-hybridized carbons (Fsp3) is 0.200. The monoisotopic (exact) mass is 501 g/mol. The van der Waals surface area contributed by atoms with E-state index in [9.17, 15) is 18.0 Å². The van der Waals surface area contributed by atoms with Crippen LogP contribution in [-0.4, -0.2) is 16.9 Å². The summed E-state index contributed by atoms with van der Waals surface area (Å²) in [6.45, 7) is 2.54. The molecule has 7 heteroatoms. The van der Waals surface area contributed by atoms with Gasteiger partial charge in [0.05, 0.1) is 11.3 Å². The van der Waals surface area contributed by atoms with Crippen LogP contribution in [0.1, 0.15) is 38.3 Å². The highest BCUT2D eigenvalue weighted by molar-refractivity contribution is 6.09. The van der Waals surface area contributed by atoms with Crippen molar-refractivity contribution in [3.63, 3.8) is 0 Å². The molecule has 0 radical (unpaired) electrons. The van der Waals surface area contributed by atoms with Crippen LogP contribution in [0.4, 0.5) is 18.9 Å². The van der Waals surface area contributed by atoms with E-state index in [1.807, 2.05) is 49.4 Å². The number of nitrogens with one attached hydrogen (secondary N) is 2. The Bertz CT molecular complexity index is 1420. The van der Waals surface area contributed by atoms with Gasteiger partial charge in [0.15, 0.2) is 0 Å². The molecule has 5 rings (SSSR count). The lowest BCUT2D eigenvalue weighted by molar-refractivity contribution is -0.137. The molecule has 1 aliphatic carbocycles. The largest absolute Gasteiger partial charge is 0.416 e. The normalized spacial score (nSPS) is 14.9. The molecule has 3 aromatic carbocycles. The van der Waals surface area contributed by atoms with E-state index in [2.05, 4.69) is 15.6 Å². The highest BCUT2D eigenvalue weighted by Gasteiger charge is 2.30. The molecule has 0 fully saturated rings. The number of hydrogen-bond acceptors (Lipinski definition) is 3. The molecule has 1 atom stereocenters. The maximum Gasteiger partial charge on any atom is 0.416 e. The Hall–Kier alpha value is -3.97. The van der Waals surface area contributed by atoms with E-state index in [0.29, 0.717) is 35.0 Å². The number of aromatic nitrogens is 1. The van der Waals surface area contributed by atoms with E-state index in [0.717, 1.165) is 36.2 Å². The van der Waals surface area contributed by atoms with Crippen molar-refractivity contribution in [2.45, 2.75) is 38.5 Å². The van der Waals surface area contributed by atoms with Gasteiger partial charge < -0.3 is 10.6 Å². The fourth-order valence-electron chi connectivity index (χ4n) is 4.86. The van der Waals surface area contributed by atoms with Gasteiger partial charge >= 0.3 is 6.18 Å². The van der Waals surface area contributed by atoms with Crippen LogP contribution in [0.2, 0.25) is 0 Å². The second-order valence-corrected chi connectivity index (χ2v) is 9.32. The quantitative estimate of drug-likeness (QED) is 0.314. The molecule has 0 bridgehead atoms. The van der Waals surface area contributed by atoms with Crippen LogP contribution in [0.5, 0.6) is 0 Å². The van der Waals surface area contributed by atoms with E-state index in [1.165, 1.54) is 23.3 Å².